The molecule has 0 bridgehead atoms. The maximum Gasteiger partial charge on any atom is 0.0643 e. The molecule has 0 amide bonds. The van der Waals surface area contributed by atoms with E-state index in [1.807, 2.05) is 30.3 Å². The summed E-state index contributed by atoms with van der Waals surface area (Å²) in [4.78, 5) is 0. The minimum Gasteiger partial charge on any atom is -0.306 e. The van der Waals surface area contributed by atoms with Gasteiger partial charge >= 0.3 is 0 Å². The predicted molar refractivity (Wildman–Crippen MR) is 91.1 cm³/mol. The molecule has 0 aliphatic rings. The van der Waals surface area contributed by atoms with E-state index in [1.165, 1.54) is 9.13 Å². The van der Waals surface area contributed by atoms with Crippen molar-refractivity contribution in [1.82, 2.24) is 5.32 Å². The van der Waals surface area contributed by atoms with Crippen molar-refractivity contribution in [2.75, 3.05) is 6.54 Å². The molecule has 2 rings (SSSR count). The van der Waals surface area contributed by atoms with Gasteiger partial charge in [-0.1, -0.05) is 60.5 Å². The molecule has 4 heteroatoms. The van der Waals surface area contributed by atoms with Crippen molar-refractivity contribution in [1.29, 1.82) is 0 Å². The van der Waals surface area contributed by atoms with E-state index < -0.39 is 0 Å². The van der Waals surface area contributed by atoms with Crippen molar-refractivity contribution in [3.8, 4) is 0 Å². The quantitative estimate of drug-likeness (QED) is 0.680. The first-order chi connectivity index (χ1) is 9.15. The lowest BCUT2D eigenvalue weighted by Crippen LogP contribution is -2.23. The summed E-state index contributed by atoms with van der Waals surface area (Å²) in [6.07, 6.45) is 0. The van der Waals surface area contributed by atoms with Gasteiger partial charge in [-0.15, -0.1) is 0 Å². The summed E-state index contributed by atoms with van der Waals surface area (Å²) in [7, 11) is 0. The lowest BCUT2D eigenvalue weighted by atomic mass is 9.98. The van der Waals surface area contributed by atoms with Crippen molar-refractivity contribution in [2.24, 2.45) is 0 Å². The fourth-order valence-corrected chi connectivity index (χ4v) is 3.16. The number of hydrogen-bond donors (Lipinski definition) is 1. The maximum atomic E-state index is 6.35. The minimum absolute atomic E-state index is 0.0595. The molecule has 2 aromatic rings. The van der Waals surface area contributed by atoms with Crippen LogP contribution in [0.3, 0.4) is 0 Å². The van der Waals surface area contributed by atoms with Crippen LogP contribution in [0, 0.1) is 3.57 Å². The summed E-state index contributed by atoms with van der Waals surface area (Å²) in [5, 5.41) is 4.69. The zero-order valence-electron chi connectivity index (χ0n) is 10.5. The summed E-state index contributed by atoms with van der Waals surface area (Å²) in [6.45, 7) is 2.94. The molecular formula is C15H14Cl2IN. The van der Waals surface area contributed by atoms with E-state index in [4.69, 9.17) is 23.2 Å². The molecular weight excluding hydrogens is 392 g/mol. The normalized spacial score (nSPS) is 12.4. The van der Waals surface area contributed by atoms with Gasteiger partial charge in [-0.2, -0.15) is 0 Å². The maximum absolute atomic E-state index is 6.35. The van der Waals surface area contributed by atoms with Gasteiger partial charge in [0, 0.05) is 3.57 Å². The van der Waals surface area contributed by atoms with Gasteiger partial charge in [-0.25, -0.2) is 0 Å². The highest BCUT2D eigenvalue weighted by atomic mass is 127. The Morgan fingerprint density at radius 3 is 2.42 bits per heavy atom. The first kappa shape index (κ1) is 15.1. The first-order valence-electron chi connectivity index (χ1n) is 6.06. The van der Waals surface area contributed by atoms with Gasteiger partial charge in [0.1, 0.15) is 0 Å². The third-order valence-corrected chi connectivity index (χ3v) is 4.73. The van der Waals surface area contributed by atoms with Crippen molar-refractivity contribution >= 4 is 45.8 Å². The second kappa shape index (κ2) is 6.93. The Balaban J connectivity index is 2.52. The molecule has 1 unspecified atom stereocenters. The average molecular weight is 406 g/mol. The van der Waals surface area contributed by atoms with E-state index in [2.05, 4.69) is 47.0 Å². The monoisotopic (exact) mass is 405 g/mol. The Hall–Kier alpha value is -0.290. The van der Waals surface area contributed by atoms with Crippen molar-refractivity contribution < 1.29 is 0 Å². The standard InChI is InChI=1S/C15H14Cl2IN/c1-2-19-15(10-6-3-4-9-13(10)18)11-7-5-8-12(16)14(11)17/h3-9,15,19H,2H2,1H3. The summed E-state index contributed by atoms with van der Waals surface area (Å²) in [5.74, 6) is 0. The van der Waals surface area contributed by atoms with Crippen LogP contribution < -0.4 is 5.32 Å². The van der Waals surface area contributed by atoms with Gasteiger partial charge in [-0.3, -0.25) is 0 Å². The van der Waals surface area contributed by atoms with Crippen molar-refractivity contribution in [3.63, 3.8) is 0 Å². The molecule has 2 aromatic carbocycles. The smallest absolute Gasteiger partial charge is 0.0643 e. The van der Waals surface area contributed by atoms with Crippen LogP contribution in [0.25, 0.3) is 0 Å². The third-order valence-electron chi connectivity index (χ3n) is 2.92. The Morgan fingerprint density at radius 2 is 1.74 bits per heavy atom. The average Bonchev–Trinajstić information content (AvgIpc) is 2.41. The molecule has 0 aromatic heterocycles. The summed E-state index contributed by atoms with van der Waals surface area (Å²) in [5.41, 5.74) is 2.23. The van der Waals surface area contributed by atoms with Crippen LogP contribution in [-0.4, -0.2) is 6.54 Å². The van der Waals surface area contributed by atoms with Gasteiger partial charge in [0.25, 0.3) is 0 Å². The summed E-state index contributed by atoms with van der Waals surface area (Å²) >= 11 is 14.8. The molecule has 0 spiro atoms. The van der Waals surface area contributed by atoms with E-state index in [9.17, 15) is 0 Å². The molecule has 0 radical (unpaired) electrons. The zero-order valence-corrected chi connectivity index (χ0v) is 14.1. The largest absolute Gasteiger partial charge is 0.306 e. The lowest BCUT2D eigenvalue weighted by Gasteiger charge is -2.21. The van der Waals surface area contributed by atoms with Gasteiger partial charge in [0.2, 0.25) is 0 Å². The number of rotatable bonds is 4. The SMILES string of the molecule is CCNC(c1ccccc1I)c1cccc(Cl)c1Cl. The molecule has 100 valence electrons. The molecule has 0 aliphatic heterocycles. The van der Waals surface area contributed by atoms with Crippen molar-refractivity contribution in [2.45, 2.75) is 13.0 Å². The van der Waals surface area contributed by atoms with Gasteiger partial charge < -0.3 is 5.32 Å². The zero-order chi connectivity index (χ0) is 13.8. The number of hydrogen-bond acceptors (Lipinski definition) is 1. The van der Waals surface area contributed by atoms with Crippen LogP contribution in [0.15, 0.2) is 42.5 Å². The highest BCUT2D eigenvalue weighted by molar-refractivity contribution is 14.1. The lowest BCUT2D eigenvalue weighted by molar-refractivity contribution is 0.628. The second-order valence-corrected chi connectivity index (χ2v) is 6.10. The number of nitrogens with one attached hydrogen (secondary N) is 1. The number of halogens is 3. The topological polar surface area (TPSA) is 12.0 Å². The molecule has 19 heavy (non-hydrogen) atoms. The fraction of sp³-hybridized carbons (Fsp3) is 0.200. The van der Waals surface area contributed by atoms with Gasteiger partial charge in [0.05, 0.1) is 16.1 Å². The van der Waals surface area contributed by atoms with Crippen LogP contribution in [0.4, 0.5) is 0 Å². The van der Waals surface area contributed by atoms with Crippen LogP contribution in [-0.2, 0) is 0 Å². The first-order valence-corrected chi connectivity index (χ1v) is 7.90. The summed E-state index contributed by atoms with van der Waals surface area (Å²) in [6, 6.07) is 14.1. The molecule has 0 fully saturated rings. The highest BCUT2D eigenvalue weighted by Crippen LogP contribution is 2.34. The fourth-order valence-electron chi connectivity index (χ4n) is 2.04. The second-order valence-electron chi connectivity index (χ2n) is 4.16. The highest BCUT2D eigenvalue weighted by Gasteiger charge is 2.19. The van der Waals surface area contributed by atoms with Crippen LogP contribution >= 0.6 is 45.8 Å². The molecule has 1 N–H and O–H groups in total. The Kier molecular flexibility index (Phi) is 5.51. The van der Waals surface area contributed by atoms with E-state index >= 15 is 0 Å². The molecule has 0 heterocycles. The van der Waals surface area contributed by atoms with Crippen LogP contribution in [0.2, 0.25) is 10.0 Å². The van der Waals surface area contributed by atoms with E-state index in [1.54, 1.807) is 0 Å². The Morgan fingerprint density at radius 1 is 1.05 bits per heavy atom. The molecule has 0 saturated heterocycles. The Bertz CT molecular complexity index is 572. The molecule has 1 nitrogen and oxygen atoms in total. The Labute approximate surface area is 137 Å². The predicted octanol–water partition coefficient (Wildman–Crippen LogP) is 5.30. The molecule has 0 saturated carbocycles. The van der Waals surface area contributed by atoms with Gasteiger partial charge in [0.15, 0.2) is 0 Å². The van der Waals surface area contributed by atoms with Gasteiger partial charge in [-0.05, 0) is 52.4 Å². The van der Waals surface area contributed by atoms with E-state index in [0.717, 1.165) is 12.1 Å². The molecule has 0 aliphatic carbocycles. The van der Waals surface area contributed by atoms with E-state index in [0.29, 0.717) is 10.0 Å². The number of benzene rings is 2. The van der Waals surface area contributed by atoms with Crippen LogP contribution in [0.5, 0.6) is 0 Å². The van der Waals surface area contributed by atoms with E-state index in [-0.39, 0.29) is 6.04 Å². The minimum atomic E-state index is 0.0595. The van der Waals surface area contributed by atoms with Crippen LogP contribution in [0.1, 0.15) is 24.1 Å². The molecule has 1 atom stereocenters. The van der Waals surface area contributed by atoms with Crippen molar-refractivity contribution in [3.05, 3.63) is 67.2 Å². The third kappa shape index (κ3) is 3.43. The summed E-state index contributed by atoms with van der Waals surface area (Å²) < 4.78 is 1.21.